The van der Waals surface area contributed by atoms with Gasteiger partial charge < -0.3 is 9.64 Å². The maximum atomic E-state index is 6.05. The molecule has 0 radical (unpaired) electrons. The van der Waals surface area contributed by atoms with Crippen LogP contribution in [0.5, 0.6) is 11.5 Å². The number of ether oxygens (including phenoxy) is 1. The van der Waals surface area contributed by atoms with Crippen molar-refractivity contribution in [2.45, 2.75) is 19.8 Å². The molecule has 2 aromatic carbocycles. The standard InChI is InChI=1S/C16H15Br2NO/c1-2-3-8-19-13-6-4-11(17)9-15(13)20-16-10-12(18)5-7-14(16)19/h4-7,9-10H,2-3,8H2,1H3. The monoisotopic (exact) mass is 395 g/mol. The largest absolute Gasteiger partial charge is 0.453 e. The molecular formula is C16H15Br2NO. The molecule has 3 rings (SSSR count). The van der Waals surface area contributed by atoms with E-state index in [9.17, 15) is 0 Å². The highest BCUT2D eigenvalue weighted by atomic mass is 79.9. The van der Waals surface area contributed by atoms with E-state index in [0.29, 0.717) is 0 Å². The molecule has 0 spiro atoms. The number of hydrogen-bond donors (Lipinski definition) is 0. The number of fused-ring (bicyclic) bond motifs is 2. The lowest BCUT2D eigenvalue weighted by Crippen LogP contribution is -2.22. The third-order valence-electron chi connectivity index (χ3n) is 3.38. The van der Waals surface area contributed by atoms with E-state index in [1.807, 2.05) is 12.1 Å². The number of hydrogen-bond acceptors (Lipinski definition) is 2. The van der Waals surface area contributed by atoms with Crippen LogP contribution in [0.25, 0.3) is 0 Å². The van der Waals surface area contributed by atoms with Gasteiger partial charge in [-0.3, -0.25) is 0 Å². The molecule has 1 heterocycles. The van der Waals surface area contributed by atoms with E-state index in [1.165, 1.54) is 6.42 Å². The fourth-order valence-corrected chi connectivity index (χ4v) is 3.07. The van der Waals surface area contributed by atoms with E-state index in [2.05, 4.69) is 67.9 Å². The summed E-state index contributed by atoms with van der Waals surface area (Å²) in [6.45, 7) is 3.22. The van der Waals surface area contributed by atoms with E-state index < -0.39 is 0 Å². The van der Waals surface area contributed by atoms with Gasteiger partial charge >= 0.3 is 0 Å². The van der Waals surface area contributed by atoms with Gasteiger partial charge in [-0.15, -0.1) is 0 Å². The first-order valence-corrected chi connectivity index (χ1v) is 8.32. The summed E-state index contributed by atoms with van der Waals surface area (Å²) in [5.74, 6) is 1.81. The van der Waals surface area contributed by atoms with Crippen LogP contribution in [0.2, 0.25) is 0 Å². The number of unbranched alkanes of at least 4 members (excludes halogenated alkanes) is 1. The molecule has 0 fully saturated rings. The van der Waals surface area contributed by atoms with Crippen LogP contribution < -0.4 is 9.64 Å². The first-order valence-electron chi connectivity index (χ1n) is 6.73. The van der Waals surface area contributed by atoms with Crippen LogP contribution in [0.3, 0.4) is 0 Å². The summed E-state index contributed by atoms with van der Waals surface area (Å²) in [5, 5.41) is 0. The van der Waals surface area contributed by atoms with Crippen molar-refractivity contribution < 1.29 is 4.74 Å². The van der Waals surface area contributed by atoms with Crippen LogP contribution in [-0.2, 0) is 0 Å². The van der Waals surface area contributed by atoms with Gasteiger partial charge in [0, 0.05) is 15.5 Å². The summed E-state index contributed by atoms with van der Waals surface area (Å²) in [6.07, 6.45) is 2.33. The maximum absolute atomic E-state index is 6.05. The Labute approximate surface area is 136 Å². The van der Waals surface area contributed by atoms with Gasteiger partial charge in [0.1, 0.15) is 0 Å². The summed E-state index contributed by atoms with van der Waals surface area (Å²) in [4.78, 5) is 2.34. The molecule has 0 bridgehead atoms. The Balaban J connectivity index is 2.08. The highest BCUT2D eigenvalue weighted by molar-refractivity contribution is 9.10. The SMILES string of the molecule is CCCCN1c2ccc(Br)cc2Oc2cc(Br)ccc21. The van der Waals surface area contributed by atoms with Crippen molar-refractivity contribution in [1.82, 2.24) is 0 Å². The lowest BCUT2D eigenvalue weighted by Gasteiger charge is -2.33. The Morgan fingerprint density at radius 1 is 0.950 bits per heavy atom. The van der Waals surface area contributed by atoms with Gasteiger partial charge in [-0.25, -0.2) is 0 Å². The van der Waals surface area contributed by atoms with E-state index in [4.69, 9.17) is 4.74 Å². The van der Waals surface area contributed by atoms with Gasteiger partial charge in [0.25, 0.3) is 0 Å². The van der Waals surface area contributed by atoms with Crippen LogP contribution in [0.1, 0.15) is 19.8 Å². The molecule has 0 aromatic heterocycles. The zero-order valence-corrected chi connectivity index (χ0v) is 14.4. The predicted octanol–water partition coefficient (Wildman–Crippen LogP) is 6.26. The predicted molar refractivity (Wildman–Crippen MR) is 90.3 cm³/mol. The van der Waals surface area contributed by atoms with Crippen LogP contribution >= 0.6 is 31.9 Å². The normalized spacial score (nSPS) is 12.7. The van der Waals surface area contributed by atoms with Gasteiger partial charge in [-0.1, -0.05) is 45.2 Å². The molecule has 2 aromatic rings. The fourth-order valence-electron chi connectivity index (χ4n) is 2.39. The van der Waals surface area contributed by atoms with E-state index in [0.717, 1.165) is 44.8 Å². The molecule has 0 saturated heterocycles. The summed E-state index contributed by atoms with van der Waals surface area (Å²) >= 11 is 7.02. The lowest BCUT2D eigenvalue weighted by atomic mass is 10.1. The van der Waals surface area contributed by atoms with Crippen molar-refractivity contribution in [2.24, 2.45) is 0 Å². The summed E-state index contributed by atoms with van der Waals surface area (Å²) in [7, 11) is 0. The zero-order chi connectivity index (χ0) is 14.1. The van der Waals surface area contributed by atoms with E-state index in [-0.39, 0.29) is 0 Å². The molecule has 0 saturated carbocycles. The van der Waals surface area contributed by atoms with Crippen LogP contribution in [0.4, 0.5) is 11.4 Å². The molecule has 0 aliphatic carbocycles. The Bertz CT molecular complexity index is 591. The molecule has 1 aliphatic rings. The second-order valence-corrected chi connectivity index (χ2v) is 6.66. The topological polar surface area (TPSA) is 12.5 Å². The lowest BCUT2D eigenvalue weighted by molar-refractivity contribution is 0.471. The molecule has 104 valence electrons. The highest BCUT2D eigenvalue weighted by Gasteiger charge is 2.24. The number of benzene rings is 2. The molecule has 0 amide bonds. The van der Waals surface area contributed by atoms with Crippen molar-refractivity contribution in [2.75, 3.05) is 11.4 Å². The summed E-state index contributed by atoms with van der Waals surface area (Å²) in [5.41, 5.74) is 2.27. The summed E-state index contributed by atoms with van der Waals surface area (Å²) < 4.78 is 8.11. The Hall–Kier alpha value is -1.00. The summed E-state index contributed by atoms with van der Waals surface area (Å²) in [6, 6.07) is 12.4. The minimum absolute atomic E-state index is 0.904. The van der Waals surface area contributed by atoms with Crippen molar-refractivity contribution in [1.29, 1.82) is 0 Å². The van der Waals surface area contributed by atoms with Crippen LogP contribution in [0.15, 0.2) is 45.3 Å². The van der Waals surface area contributed by atoms with Crippen molar-refractivity contribution >= 4 is 43.2 Å². The third kappa shape index (κ3) is 2.59. The average molecular weight is 397 g/mol. The quantitative estimate of drug-likeness (QED) is 0.607. The van der Waals surface area contributed by atoms with Crippen LogP contribution in [-0.4, -0.2) is 6.54 Å². The zero-order valence-electron chi connectivity index (χ0n) is 11.2. The van der Waals surface area contributed by atoms with Gasteiger partial charge in [-0.2, -0.15) is 0 Å². The molecule has 20 heavy (non-hydrogen) atoms. The molecule has 4 heteroatoms. The molecule has 1 aliphatic heterocycles. The first-order chi connectivity index (χ1) is 9.69. The Morgan fingerprint density at radius 2 is 1.50 bits per heavy atom. The first kappa shape index (κ1) is 14.0. The highest BCUT2D eigenvalue weighted by Crippen LogP contribution is 2.48. The van der Waals surface area contributed by atoms with Gasteiger partial charge in [0.2, 0.25) is 0 Å². The van der Waals surface area contributed by atoms with Crippen molar-refractivity contribution in [3.8, 4) is 11.5 Å². The molecule has 2 nitrogen and oxygen atoms in total. The van der Waals surface area contributed by atoms with Gasteiger partial charge in [-0.05, 0) is 42.8 Å². The smallest absolute Gasteiger partial charge is 0.152 e. The molecule has 0 atom stereocenters. The van der Waals surface area contributed by atoms with Crippen LogP contribution in [0, 0.1) is 0 Å². The molecule has 0 N–H and O–H groups in total. The second-order valence-electron chi connectivity index (χ2n) is 4.83. The van der Waals surface area contributed by atoms with Gasteiger partial charge in [0.15, 0.2) is 11.5 Å². The third-order valence-corrected chi connectivity index (χ3v) is 4.37. The van der Waals surface area contributed by atoms with E-state index in [1.54, 1.807) is 0 Å². The number of anilines is 2. The second kappa shape index (κ2) is 5.78. The van der Waals surface area contributed by atoms with Crippen molar-refractivity contribution in [3.63, 3.8) is 0 Å². The maximum Gasteiger partial charge on any atom is 0.152 e. The average Bonchev–Trinajstić information content (AvgIpc) is 2.43. The number of halogens is 2. The Morgan fingerprint density at radius 3 is 2.00 bits per heavy atom. The minimum atomic E-state index is 0.904. The molecular weight excluding hydrogens is 382 g/mol. The van der Waals surface area contributed by atoms with Crippen molar-refractivity contribution in [3.05, 3.63) is 45.3 Å². The minimum Gasteiger partial charge on any atom is -0.453 e. The van der Waals surface area contributed by atoms with E-state index >= 15 is 0 Å². The number of nitrogens with zero attached hydrogens (tertiary/aromatic N) is 1. The number of rotatable bonds is 3. The Kier molecular flexibility index (Phi) is 4.03. The fraction of sp³-hybridized carbons (Fsp3) is 0.250. The van der Waals surface area contributed by atoms with Gasteiger partial charge in [0.05, 0.1) is 11.4 Å². The molecule has 0 unspecified atom stereocenters.